The maximum atomic E-state index is 12.4. The third-order valence-corrected chi connectivity index (χ3v) is 5.00. The van der Waals surface area contributed by atoms with Crippen LogP contribution in [0.1, 0.15) is 27.0 Å². The Kier molecular flexibility index (Phi) is 6.98. The van der Waals surface area contributed by atoms with E-state index >= 15 is 0 Å². The lowest BCUT2D eigenvalue weighted by Crippen LogP contribution is -2.10. The van der Waals surface area contributed by atoms with Crippen molar-refractivity contribution in [1.29, 1.82) is 0 Å². The minimum atomic E-state index is -0.604. The Bertz CT molecular complexity index is 1110. The topological polar surface area (TPSA) is 59.9 Å². The summed E-state index contributed by atoms with van der Waals surface area (Å²) in [5.41, 5.74) is 7.28. The Labute approximate surface area is 185 Å². The second-order valence-corrected chi connectivity index (χ2v) is 7.44. The number of carbonyl (C=O) groups is 1. The summed E-state index contributed by atoms with van der Waals surface area (Å²) < 4.78 is 10.8. The molecule has 7 heteroatoms. The van der Waals surface area contributed by atoms with Gasteiger partial charge in [0.15, 0.2) is 11.5 Å². The van der Waals surface area contributed by atoms with E-state index in [1.165, 1.54) is 30.4 Å². The smallest absolute Gasteiger partial charge is 0.345 e. The van der Waals surface area contributed by atoms with E-state index in [2.05, 4.69) is 17.5 Å². The molecule has 154 valence electrons. The lowest BCUT2D eigenvalue weighted by molar-refractivity contribution is 0.0730. The predicted molar refractivity (Wildman–Crippen MR) is 122 cm³/mol. The third kappa shape index (κ3) is 5.32. The zero-order valence-electron chi connectivity index (χ0n) is 16.7. The van der Waals surface area contributed by atoms with E-state index in [1.807, 2.05) is 25.1 Å². The van der Waals surface area contributed by atoms with Crippen molar-refractivity contribution < 1.29 is 14.3 Å². The van der Waals surface area contributed by atoms with Crippen molar-refractivity contribution in [3.05, 3.63) is 86.9 Å². The van der Waals surface area contributed by atoms with Crippen LogP contribution in [-0.2, 0) is 0 Å². The first kappa shape index (κ1) is 21.7. The third-order valence-electron chi connectivity index (χ3n) is 4.46. The minimum absolute atomic E-state index is 0.214. The van der Waals surface area contributed by atoms with Gasteiger partial charge in [-0.25, -0.2) is 4.79 Å². The largest absolute Gasteiger partial charge is 0.493 e. The zero-order valence-corrected chi connectivity index (χ0v) is 18.2. The molecule has 0 saturated carbocycles. The van der Waals surface area contributed by atoms with E-state index in [0.29, 0.717) is 10.8 Å². The molecule has 0 aromatic heterocycles. The average Bonchev–Trinajstić information content (AvgIpc) is 2.71. The quantitative estimate of drug-likeness (QED) is 0.211. The molecule has 1 N–H and O–H groups in total. The number of hydrogen-bond acceptors (Lipinski definition) is 5. The Morgan fingerprint density at radius 1 is 0.967 bits per heavy atom. The van der Waals surface area contributed by atoms with Crippen LogP contribution >= 0.6 is 23.2 Å². The highest BCUT2D eigenvalue weighted by Gasteiger charge is 2.16. The molecule has 30 heavy (non-hydrogen) atoms. The molecule has 0 unspecified atom stereocenters. The molecule has 0 aliphatic heterocycles. The number of hydrogen-bond donors (Lipinski definition) is 1. The molecule has 0 aliphatic carbocycles. The number of halogens is 2. The Hall–Kier alpha value is -3.02. The van der Waals surface area contributed by atoms with Crippen LogP contribution in [0.2, 0.25) is 10.0 Å². The number of carbonyl (C=O) groups excluding carboxylic acids is 1. The van der Waals surface area contributed by atoms with Gasteiger partial charge < -0.3 is 9.47 Å². The summed E-state index contributed by atoms with van der Waals surface area (Å²) in [5, 5.41) is 4.90. The standard InChI is InChI=1S/C23H20Cl2N2O3/c1-14-4-7-18(10-15(14)2)27-26-13-16-5-9-21(22(11-16)29-3)30-23(28)19-8-6-17(24)12-20(19)25/h4-13,27H,1-3H3. The van der Waals surface area contributed by atoms with Crippen molar-refractivity contribution in [3.63, 3.8) is 0 Å². The highest BCUT2D eigenvalue weighted by molar-refractivity contribution is 6.36. The zero-order chi connectivity index (χ0) is 21.7. The molecule has 0 amide bonds. The fourth-order valence-electron chi connectivity index (χ4n) is 2.65. The van der Waals surface area contributed by atoms with Gasteiger partial charge >= 0.3 is 5.97 Å². The SMILES string of the molecule is COc1cc(C=NNc2ccc(C)c(C)c2)ccc1OC(=O)c1ccc(Cl)cc1Cl. The van der Waals surface area contributed by atoms with Gasteiger partial charge in [-0.3, -0.25) is 5.43 Å². The van der Waals surface area contributed by atoms with E-state index in [-0.39, 0.29) is 16.3 Å². The van der Waals surface area contributed by atoms with E-state index in [9.17, 15) is 4.79 Å². The number of ether oxygens (including phenoxy) is 2. The summed E-state index contributed by atoms with van der Waals surface area (Å²) in [6.07, 6.45) is 1.65. The molecule has 0 spiro atoms. The van der Waals surface area contributed by atoms with Crippen LogP contribution in [0, 0.1) is 13.8 Å². The molecule has 0 aliphatic rings. The van der Waals surface area contributed by atoms with Gasteiger partial charge in [-0.2, -0.15) is 5.10 Å². The van der Waals surface area contributed by atoms with Gasteiger partial charge in [0.1, 0.15) is 0 Å². The molecule has 3 aromatic rings. The Morgan fingerprint density at radius 3 is 2.47 bits per heavy atom. The second kappa shape index (κ2) is 9.65. The summed E-state index contributed by atoms with van der Waals surface area (Å²) >= 11 is 11.9. The summed E-state index contributed by atoms with van der Waals surface area (Å²) in [5.74, 6) is 0.0594. The van der Waals surface area contributed by atoms with Crippen LogP contribution in [-0.4, -0.2) is 19.3 Å². The molecule has 3 aromatic carbocycles. The monoisotopic (exact) mass is 442 g/mol. The van der Waals surface area contributed by atoms with Gasteiger partial charge in [-0.15, -0.1) is 0 Å². The van der Waals surface area contributed by atoms with Crippen molar-refractivity contribution in [2.24, 2.45) is 5.10 Å². The maximum absolute atomic E-state index is 12.4. The van der Waals surface area contributed by atoms with Crippen LogP contribution in [0.15, 0.2) is 59.7 Å². The summed E-state index contributed by atoms with van der Waals surface area (Å²) in [4.78, 5) is 12.4. The number of anilines is 1. The molecule has 0 radical (unpaired) electrons. The molecule has 0 bridgehead atoms. The first-order chi connectivity index (χ1) is 14.4. The van der Waals surface area contributed by atoms with Crippen molar-refractivity contribution in [2.45, 2.75) is 13.8 Å². The van der Waals surface area contributed by atoms with E-state index in [4.69, 9.17) is 32.7 Å². The molecule has 0 fully saturated rings. The van der Waals surface area contributed by atoms with Gasteiger partial charge in [-0.1, -0.05) is 29.3 Å². The normalized spacial score (nSPS) is 10.8. The van der Waals surface area contributed by atoms with Gasteiger partial charge in [0.25, 0.3) is 0 Å². The van der Waals surface area contributed by atoms with Crippen LogP contribution in [0.3, 0.4) is 0 Å². The van der Waals surface area contributed by atoms with Gasteiger partial charge in [0.05, 0.1) is 29.6 Å². The highest BCUT2D eigenvalue weighted by atomic mass is 35.5. The molecule has 5 nitrogen and oxygen atoms in total. The number of nitrogens with one attached hydrogen (secondary N) is 1. The van der Waals surface area contributed by atoms with E-state index in [1.54, 1.807) is 30.5 Å². The average molecular weight is 443 g/mol. The number of aryl methyl sites for hydroxylation is 2. The number of nitrogens with zero attached hydrogens (tertiary/aromatic N) is 1. The molecule has 0 atom stereocenters. The molecular formula is C23H20Cl2N2O3. The van der Waals surface area contributed by atoms with Crippen LogP contribution in [0.5, 0.6) is 11.5 Å². The summed E-state index contributed by atoms with van der Waals surface area (Å²) in [7, 11) is 1.50. The van der Waals surface area contributed by atoms with Crippen molar-refractivity contribution in [3.8, 4) is 11.5 Å². The Morgan fingerprint density at radius 2 is 1.77 bits per heavy atom. The maximum Gasteiger partial charge on any atom is 0.345 e. The minimum Gasteiger partial charge on any atom is -0.493 e. The molecular weight excluding hydrogens is 423 g/mol. The highest BCUT2D eigenvalue weighted by Crippen LogP contribution is 2.30. The number of rotatable bonds is 6. The predicted octanol–water partition coefficient (Wildman–Crippen LogP) is 6.28. The van der Waals surface area contributed by atoms with Crippen molar-refractivity contribution in [1.82, 2.24) is 0 Å². The van der Waals surface area contributed by atoms with Gasteiger partial charge in [-0.05, 0) is 79.1 Å². The van der Waals surface area contributed by atoms with Crippen LogP contribution < -0.4 is 14.9 Å². The number of hydrazone groups is 1. The van der Waals surface area contributed by atoms with E-state index in [0.717, 1.165) is 11.3 Å². The van der Waals surface area contributed by atoms with Crippen molar-refractivity contribution >= 4 is 41.1 Å². The fraction of sp³-hybridized carbons (Fsp3) is 0.130. The second-order valence-electron chi connectivity index (χ2n) is 6.59. The Balaban J connectivity index is 1.72. The lowest BCUT2D eigenvalue weighted by Gasteiger charge is -2.11. The number of esters is 1. The van der Waals surface area contributed by atoms with Crippen LogP contribution in [0.4, 0.5) is 5.69 Å². The first-order valence-corrected chi connectivity index (χ1v) is 9.84. The summed E-state index contributed by atoms with van der Waals surface area (Å²) in [6.45, 7) is 4.11. The number of methoxy groups -OCH3 is 1. The van der Waals surface area contributed by atoms with Crippen LogP contribution in [0.25, 0.3) is 0 Å². The van der Waals surface area contributed by atoms with E-state index < -0.39 is 5.97 Å². The van der Waals surface area contributed by atoms with Gasteiger partial charge in [0.2, 0.25) is 0 Å². The fourth-order valence-corrected chi connectivity index (χ4v) is 3.14. The van der Waals surface area contributed by atoms with Crippen molar-refractivity contribution in [2.75, 3.05) is 12.5 Å². The molecule has 0 heterocycles. The molecule has 3 rings (SSSR count). The molecule has 0 saturated heterocycles. The lowest BCUT2D eigenvalue weighted by atomic mass is 10.1. The van der Waals surface area contributed by atoms with Gasteiger partial charge in [0, 0.05) is 5.02 Å². The first-order valence-electron chi connectivity index (χ1n) is 9.09. The summed E-state index contributed by atoms with van der Waals surface area (Å²) in [6, 6.07) is 15.7. The number of benzene rings is 3.